The molecule has 0 radical (unpaired) electrons. The van der Waals surface area contributed by atoms with Crippen LogP contribution in [0.25, 0.3) is 67.4 Å². The molecule has 0 spiro atoms. The molecule has 0 fully saturated rings. The fourth-order valence-electron chi connectivity index (χ4n) is 5.87. The van der Waals surface area contributed by atoms with Gasteiger partial charge in [-0.2, -0.15) is 0 Å². The van der Waals surface area contributed by atoms with Gasteiger partial charge in [-0.05, 0) is 48.0 Å². The van der Waals surface area contributed by atoms with Gasteiger partial charge in [0.15, 0.2) is 0 Å². The number of aromatic nitrogens is 2. The molecule has 0 aliphatic heterocycles. The zero-order chi connectivity index (χ0) is 25.6. The Morgan fingerprint density at radius 2 is 1.13 bits per heavy atom. The predicted molar refractivity (Wildman–Crippen MR) is 163 cm³/mol. The third-order valence-corrected chi connectivity index (χ3v) is 7.49. The zero-order valence-electron chi connectivity index (χ0n) is 21.0. The summed E-state index contributed by atoms with van der Waals surface area (Å²) in [5.74, 6) is 0. The number of hydrogen-bond acceptors (Lipinski definition) is 0. The van der Waals surface area contributed by atoms with Gasteiger partial charge < -0.3 is 9.13 Å². The van der Waals surface area contributed by atoms with Crippen LogP contribution in [0.1, 0.15) is 11.3 Å². The van der Waals surface area contributed by atoms with Gasteiger partial charge in [0.05, 0.1) is 27.9 Å². The second kappa shape index (κ2) is 8.79. The second-order valence-electron chi connectivity index (χ2n) is 9.50. The SMILES string of the molecule is C=Cc1c(C=C)n(-c2ccccc2-c2ccc3c4ccccc4n(-c4ccccc4)c3c2)c2ccccc12. The predicted octanol–water partition coefficient (Wildman–Crippen LogP) is 9.68. The maximum Gasteiger partial charge on any atom is 0.0547 e. The molecule has 180 valence electrons. The highest BCUT2D eigenvalue weighted by molar-refractivity contribution is 6.10. The summed E-state index contributed by atoms with van der Waals surface area (Å²) in [6, 6.07) is 43.2. The van der Waals surface area contributed by atoms with Crippen LogP contribution in [0.5, 0.6) is 0 Å². The van der Waals surface area contributed by atoms with Crippen molar-refractivity contribution in [3.8, 4) is 22.5 Å². The fourth-order valence-corrected chi connectivity index (χ4v) is 5.87. The van der Waals surface area contributed by atoms with Crippen LogP contribution in [0.3, 0.4) is 0 Å². The first-order valence-electron chi connectivity index (χ1n) is 12.9. The largest absolute Gasteiger partial charge is 0.309 e. The van der Waals surface area contributed by atoms with Crippen LogP contribution in [0.2, 0.25) is 0 Å². The molecule has 0 aliphatic rings. The van der Waals surface area contributed by atoms with Gasteiger partial charge in [-0.1, -0.05) is 104 Å². The molecule has 5 aromatic carbocycles. The number of nitrogens with zero attached hydrogens (tertiary/aromatic N) is 2. The quantitative estimate of drug-likeness (QED) is 0.229. The van der Waals surface area contributed by atoms with E-state index in [0.717, 1.165) is 28.1 Å². The lowest BCUT2D eigenvalue weighted by Gasteiger charge is -2.15. The maximum absolute atomic E-state index is 4.16. The molecule has 2 nitrogen and oxygen atoms in total. The first kappa shape index (κ1) is 22.1. The van der Waals surface area contributed by atoms with Gasteiger partial charge in [-0.25, -0.2) is 0 Å². The molecule has 2 aromatic heterocycles. The topological polar surface area (TPSA) is 9.86 Å². The van der Waals surface area contributed by atoms with Gasteiger partial charge in [-0.15, -0.1) is 0 Å². The lowest BCUT2D eigenvalue weighted by molar-refractivity contribution is 1.11. The molecule has 0 N–H and O–H groups in total. The van der Waals surface area contributed by atoms with Crippen molar-refractivity contribution in [1.29, 1.82) is 0 Å². The van der Waals surface area contributed by atoms with Crippen molar-refractivity contribution in [2.24, 2.45) is 0 Å². The lowest BCUT2D eigenvalue weighted by Crippen LogP contribution is -2.00. The van der Waals surface area contributed by atoms with Crippen molar-refractivity contribution in [2.45, 2.75) is 0 Å². The minimum absolute atomic E-state index is 1.05. The molecule has 0 saturated heterocycles. The number of rotatable bonds is 5. The third-order valence-electron chi connectivity index (χ3n) is 7.49. The summed E-state index contributed by atoms with van der Waals surface area (Å²) in [7, 11) is 0. The molecular formula is C36H26N2. The molecule has 0 bridgehead atoms. The number of fused-ring (bicyclic) bond motifs is 4. The normalized spacial score (nSPS) is 11.4. The van der Waals surface area contributed by atoms with Crippen molar-refractivity contribution in [2.75, 3.05) is 0 Å². The van der Waals surface area contributed by atoms with E-state index in [0.29, 0.717) is 0 Å². The van der Waals surface area contributed by atoms with Crippen molar-refractivity contribution in [3.05, 3.63) is 146 Å². The Balaban J connectivity index is 1.53. The van der Waals surface area contributed by atoms with Crippen molar-refractivity contribution in [3.63, 3.8) is 0 Å². The van der Waals surface area contributed by atoms with Gasteiger partial charge in [0, 0.05) is 33.0 Å². The summed E-state index contributed by atoms with van der Waals surface area (Å²) < 4.78 is 4.68. The molecule has 2 heteroatoms. The van der Waals surface area contributed by atoms with Crippen molar-refractivity contribution >= 4 is 44.9 Å². The van der Waals surface area contributed by atoms with Gasteiger partial charge in [0.1, 0.15) is 0 Å². The summed E-state index contributed by atoms with van der Waals surface area (Å²) in [6.07, 6.45) is 3.87. The Bertz CT molecular complexity index is 2000. The second-order valence-corrected chi connectivity index (χ2v) is 9.50. The Morgan fingerprint density at radius 1 is 0.500 bits per heavy atom. The van der Waals surface area contributed by atoms with E-state index in [1.165, 1.54) is 38.3 Å². The van der Waals surface area contributed by atoms with E-state index in [1.807, 2.05) is 12.2 Å². The Kier molecular flexibility index (Phi) is 5.12. The number of benzene rings is 5. The number of hydrogen-bond donors (Lipinski definition) is 0. The monoisotopic (exact) mass is 486 g/mol. The summed E-state index contributed by atoms with van der Waals surface area (Å²) >= 11 is 0. The van der Waals surface area contributed by atoms with E-state index < -0.39 is 0 Å². The average molecular weight is 487 g/mol. The van der Waals surface area contributed by atoms with E-state index in [4.69, 9.17) is 0 Å². The maximum atomic E-state index is 4.16. The highest BCUT2D eigenvalue weighted by Gasteiger charge is 2.18. The summed E-state index contributed by atoms with van der Waals surface area (Å²) in [5, 5.41) is 3.68. The number of para-hydroxylation sites is 4. The van der Waals surface area contributed by atoms with Crippen molar-refractivity contribution in [1.82, 2.24) is 9.13 Å². The average Bonchev–Trinajstić information content (AvgIpc) is 3.49. The van der Waals surface area contributed by atoms with Gasteiger partial charge >= 0.3 is 0 Å². The van der Waals surface area contributed by atoms with Gasteiger partial charge in [-0.3, -0.25) is 0 Å². The van der Waals surface area contributed by atoms with Crippen LogP contribution in [0.15, 0.2) is 134 Å². The standard InChI is InChI=1S/C36H26N2/c1-3-27-29-17-9-13-21-35(29)38(32(27)4-2)33-19-11-8-16-28(33)25-22-23-31-30-18-10-12-20-34(30)37(36(31)24-25)26-14-6-5-7-15-26/h3-24H,1-2H2. The molecule has 7 aromatic rings. The molecule has 0 atom stereocenters. The Labute approximate surface area is 222 Å². The Hall–Kier alpha value is -5.08. The molecule has 7 rings (SSSR count). The fraction of sp³-hybridized carbons (Fsp3) is 0. The highest BCUT2D eigenvalue weighted by atomic mass is 15.0. The first-order valence-corrected chi connectivity index (χ1v) is 12.9. The van der Waals surface area contributed by atoms with Gasteiger partial charge in [0.2, 0.25) is 0 Å². The molecule has 2 heterocycles. The zero-order valence-corrected chi connectivity index (χ0v) is 21.0. The summed E-state index contributed by atoms with van der Waals surface area (Å²) in [6.45, 7) is 8.27. The summed E-state index contributed by atoms with van der Waals surface area (Å²) in [5.41, 5.74) is 10.3. The first-order chi connectivity index (χ1) is 18.8. The molecule has 0 aliphatic carbocycles. The highest BCUT2D eigenvalue weighted by Crippen LogP contribution is 2.38. The van der Waals surface area contributed by atoms with E-state index in [9.17, 15) is 0 Å². The van der Waals surface area contributed by atoms with Crippen LogP contribution in [-0.2, 0) is 0 Å². The van der Waals surface area contributed by atoms with Crippen LogP contribution in [-0.4, -0.2) is 9.13 Å². The molecule has 0 amide bonds. The molecule has 0 unspecified atom stereocenters. The van der Waals surface area contributed by atoms with Crippen LogP contribution >= 0.6 is 0 Å². The van der Waals surface area contributed by atoms with Gasteiger partial charge in [0.25, 0.3) is 0 Å². The van der Waals surface area contributed by atoms with E-state index >= 15 is 0 Å². The van der Waals surface area contributed by atoms with Crippen LogP contribution in [0, 0.1) is 0 Å². The van der Waals surface area contributed by atoms with E-state index in [1.54, 1.807) is 0 Å². The molecule has 0 saturated carbocycles. The minimum atomic E-state index is 1.05. The summed E-state index contributed by atoms with van der Waals surface area (Å²) in [4.78, 5) is 0. The van der Waals surface area contributed by atoms with Crippen molar-refractivity contribution < 1.29 is 0 Å². The lowest BCUT2D eigenvalue weighted by atomic mass is 10.0. The smallest absolute Gasteiger partial charge is 0.0547 e. The molecular weight excluding hydrogens is 460 g/mol. The molecule has 38 heavy (non-hydrogen) atoms. The third kappa shape index (κ3) is 3.21. The Morgan fingerprint density at radius 3 is 1.89 bits per heavy atom. The van der Waals surface area contributed by atoms with E-state index in [-0.39, 0.29) is 0 Å². The minimum Gasteiger partial charge on any atom is -0.309 e. The van der Waals surface area contributed by atoms with Crippen LogP contribution < -0.4 is 0 Å². The van der Waals surface area contributed by atoms with Crippen LogP contribution in [0.4, 0.5) is 0 Å². The van der Waals surface area contributed by atoms with E-state index in [2.05, 4.69) is 144 Å².